The lowest BCUT2D eigenvalue weighted by Gasteiger charge is -2.29. The van der Waals surface area contributed by atoms with Gasteiger partial charge in [-0.1, -0.05) is 43.8 Å². The van der Waals surface area contributed by atoms with E-state index in [1.54, 1.807) is 11.8 Å². The zero-order chi connectivity index (χ0) is 13.9. The lowest BCUT2D eigenvalue weighted by molar-refractivity contribution is 0.277. The molecule has 1 aromatic rings. The van der Waals surface area contributed by atoms with Crippen molar-refractivity contribution in [2.75, 3.05) is 5.08 Å². The van der Waals surface area contributed by atoms with Gasteiger partial charge in [0.25, 0.3) is 0 Å². The van der Waals surface area contributed by atoms with Crippen LogP contribution < -0.4 is 0 Å². The molecule has 1 atom stereocenters. The molecular formula is C15H18N2S2. The van der Waals surface area contributed by atoms with Crippen LogP contribution in [0.25, 0.3) is 0 Å². The molecule has 2 nitrogen and oxygen atoms in total. The third kappa shape index (κ3) is 3.16. The number of rotatable bonds is 3. The summed E-state index contributed by atoms with van der Waals surface area (Å²) in [5.74, 6) is 0. The summed E-state index contributed by atoms with van der Waals surface area (Å²) < 4.78 is 0. The molecule has 1 unspecified atom stereocenters. The van der Waals surface area contributed by atoms with Crippen LogP contribution in [-0.4, -0.2) is 15.7 Å². The highest BCUT2D eigenvalue weighted by Gasteiger charge is 2.47. The van der Waals surface area contributed by atoms with Crippen LogP contribution >= 0.6 is 23.5 Å². The fourth-order valence-corrected chi connectivity index (χ4v) is 4.32. The number of thioether (sulfide) groups is 2. The maximum Gasteiger partial charge on any atom is 0.150 e. The van der Waals surface area contributed by atoms with Crippen molar-refractivity contribution in [3.8, 4) is 6.07 Å². The van der Waals surface area contributed by atoms with E-state index in [4.69, 9.17) is 0 Å². The Kier molecular flexibility index (Phi) is 4.27. The first kappa shape index (κ1) is 14.5. The van der Waals surface area contributed by atoms with Crippen LogP contribution in [0.15, 0.2) is 40.2 Å². The second-order valence-electron chi connectivity index (χ2n) is 5.47. The normalized spacial score (nSPS) is 24.8. The van der Waals surface area contributed by atoms with Gasteiger partial charge in [-0.25, -0.2) is 0 Å². The van der Waals surface area contributed by atoms with Gasteiger partial charge < -0.3 is 0 Å². The van der Waals surface area contributed by atoms with Crippen LogP contribution in [0.5, 0.6) is 0 Å². The van der Waals surface area contributed by atoms with Crippen molar-refractivity contribution in [3.05, 3.63) is 30.3 Å². The van der Waals surface area contributed by atoms with Crippen molar-refractivity contribution in [2.45, 2.75) is 37.6 Å². The summed E-state index contributed by atoms with van der Waals surface area (Å²) in [6.45, 7) is 6.18. The first-order chi connectivity index (χ1) is 8.97. The molecule has 4 heteroatoms. The fraction of sp³-hybridized carbons (Fsp3) is 0.467. The lowest BCUT2D eigenvalue weighted by Crippen LogP contribution is -2.34. The Morgan fingerprint density at radius 1 is 1.21 bits per heavy atom. The van der Waals surface area contributed by atoms with Crippen LogP contribution in [0, 0.1) is 16.7 Å². The Morgan fingerprint density at radius 3 is 2.47 bits per heavy atom. The molecule has 0 saturated carbocycles. The Bertz CT molecular complexity index is 517. The summed E-state index contributed by atoms with van der Waals surface area (Å²) >= 11 is 3.58. The van der Waals surface area contributed by atoms with E-state index in [1.165, 1.54) is 4.90 Å². The van der Waals surface area contributed by atoms with E-state index in [-0.39, 0.29) is 5.41 Å². The number of aliphatic imine (C=N–C) groups is 1. The van der Waals surface area contributed by atoms with Gasteiger partial charge in [-0.15, -0.1) is 11.8 Å². The van der Waals surface area contributed by atoms with Gasteiger partial charge in [0.1, 0.15) is 5.54 Å². The molecule has 0 saturated heterocycles. The zero-order valence-electron chi connectivity index (χ0n) is 11.5. The standard InChI is InChI=1S/C15H18N2S2/c1-14(2)9-13(17-15(14,3)10-16)19-11-18-12-7-5-4-6-8-12/h4-8H,9,11H2,1-3H3. The monoisotopic (exact) mass is 290 g/mol. The predicted octanol–water partition coefficient (Wildman–Crippen LogP) is 4.58. The molecule has 0 aromatic heterocycles. The highest BCUT2D eigenvalue weighted by Crippen LogP contribution is 2.45. The topological polar surface area (TPSA) is 36.1 Å². The molecular weight excluding hydrogens is 272 g/mol. The minimum atomic E-state index is -0.577. The van der Waals surface area contributed by atoms with E-state index in [1.807, 2.05) is 24.8 Å². The molecule has 0 spiro atoms. The molecule has 2 rings (SSSR count). The van der Waals surface area contributed by atoms with E-state index in [2.05, 4.69) is 49.2 Å². The van der Waals surface area contributed by atoms with E-state index in [0.717, 1.165) is 16.5 Å². The van der Waals surface area contributed by atoms with Crippen molar-refractivity contribution in [1.82, 2.24) is 0 Å². The smallest absolute Gasteiger partial charge is 0.150 e. The van der Waals surface area contributed by atoms with E-state index in [9.17, 15) is 5.26 Å². The van der Waals surface area contributed by atoms with E-state index in [0.29, 0.717) is 0 Å². The molecule has 1 heterocycles. The molecule has 1 aliphatic heterocycles. The van der Waals surface area contributed by atoms with Crippen LogP contribution in [-0.2, 0) is 0 Å². The van der Waals surface area contributed by atoms with E-state index >= 15 is 0 Å². The average molecular weight is 290 g/mol. The van der Waals surface area contributed by atoms with Crippen LogP contribution in [0.2, 0.25) is 0 Å². The first-order valence-corrected chi connectivity index (χ1v) is 8.25. The minimum Gasteiger partial charge on any atom is -0.261 e. The van der Waals surface area contributed by atoms with Crippen molar-refractivity contribution < 1.29 is 0 Å². The van der Waals surface area contributed by atoms with Crippen molar-refractivity contribution >= 4 is 28.6 Å². The number of nitriles is 1. The number of hydrogen-bond donors (Lipinski definition) is 0. The summed E-state index contributed by atoms with van der Waals surface area (Å²) in [7, 11) is 0. The quantitative estimate of drug-likeness (QED) is 0.604. The Labute approximate surface area is 123 Å². The number of hydrogen-bond acceptors (Lipinski definition) is 4. The highest BCUT2D eigenvalue weighted by molar-refractivity contribution is 8.24. The Morgan fingerprint density at radius 2 is 1.89 bits per heavy atom. The Hall–Kier alpha value is -0.920. The zero-order valence-corrected chi connectivity index (χ0v) is 13.1. The number of benzene rings is 1. The molecule has 19 heavy (non-hydrogen) atoms. The average Bonchev–Trinajstić information content (AvgIpc) is 2.61. The van der Waals surface area contributed by atoms with Crippen molar-refractivity contribution in [3.63, 3.8) is 0 Å². The van der Waals surface area contributed by atoms with Gasteiger partial charge in [-0.05, 0) is 19.1 Å². The maximum atomic E-state index is 9.31. The van der Waals surface area contributed by atoms with Crippen LogP contribution in [0.1, 0.15) is 27.2 Å². The second kappa shape index (κ2) is 5.60. The summed E-state index contributed by atoms with van der Waals surface area (Å²) in [6, 6.07) is 12.7. The Balaban J connectivity index is 1.92. The van der Waals surface area contributed by atoms with Gasteiger partial charge in [-0.3, -0.25) is 4.99 Å². The van der Waals surface area contributed by atoms with Crippen molar-refractivity contribution in [1.29, 1.82) is 5.26 Å². The van der Waals surface area contributed by atoms with Crippen LogP contribution in [0.4, 0.5) is 0 Å². The van der Waals surface area contributed by atoms with Gasteiger partial charge in [0.2, 0.25) is 0 Å². The van der Waals surface area contributed by atoms with Gasteiger partial charge in [-0.2, -0.15) is 5.26 Å². The van der Waals surface area contributed by atoms with Gasteiger partial charge in [0.15, 0.2) is 0 Å². The third-order valence-corrected chi connectivity index (χ3v) is 5.79. The maximum absolute atomic E-state index is 9.31. The molecule has 0 aliphatic carbocycles. The van der Waals surface area contributed by atoms with Gasteiger partial charge >= 0.3 is 0 Å². The lowest BCUT2D eigenvalue weighted by atomic mass is 9.75. The summed E-state index contributed by atoms with van der Waals surface area (Å²) in [5, 5.41) is 11.4. The van der Waals surface area contributed by atoms with E-state index < -0.39 is 5.54 Å². The number of nitrogens with zero attached hydrogens (tertiary/aromatic N) is 2. The summed E-state index contributed by atoms with van der Waals surface area (Å²) in [6.07, 6.45) is 0.900. The third-order valence-electron chi connectivity index (χ3n) is 3.67. The second-order valence-corrected chi connectivity index (χ2v) is 7.93. The molecule has 0 fully saturated rings. The fourth-order valence-electron chi connectivity index (χ4n) is 1.93. The van der Waals surface area contributed by atoms with Gasteiger partial charge in [0.05, 0.1) is 11.1 Å². The van der Waals surface area contributed by atoms with Crippen LogP contribution in [0.3, 0.4) is 0 Å². The molecule has 0 bridgehead atoms. The minimum absolute atomic E-state index is 0.0680. The largest absolute Gasteiger partial charge is 0.261 e. The molecule has 100 valence electrons. The molecule has 1 aliphatic rings. The molecule has 0 radical (unpaired) electrons. The molecule has 0 amide bonds. The molecule has 0 N–H and O–H groups in total. The molecule has 1 aromatic carbocycles. The van der Waals surface area contributed by atoms with Gasteiger partial charge in [0, 0.05) is 21.8 Å². The predicted molar refractivity (Wildman–Crippen MR) is 84.6 cm³/mol. The van der Waals surface area contributed by atoms with Crippen molar-refractivity contribution in [2.24, 2.45) is 10.4 Å². The SMILES string of the molecule is CC1(C)CC(SCSc2ccccc2)=NC1(C)C#N. The summed E-state index contributed by atoms with van der Waals surface area (Å²) in [5.41, 5.74) is -0.645. The summed E-state index contributed by atoms with van der Waals surface area (Å²) in [4.78, 5) is 5.90. The highest BCUT2D eigenvalue weighted by atomic mass is 32.2. The first-order valence-electron chi connectivity index (χ1n) is 6.27.